The van der Waals surface area contributed by atoms with Crippen molar-refractivity contribution in [2.75, 3.05) is 20.6 Å². The van der Waals surface area contributed by atoms with Crippen molar-refractivity contribution in [3.63, 3.8) is 0 Å². The maximum Gasteiger partial charge on any atom is 0.315 e. The van der Waals surface area contributed by atoms with Crippen molar-refractivity contribution in [3.05, 3.63) is 35.4 Å². The minimum Gasteiger partial charge on any atom is -0.392 e. The molecule has 0 saturated heterocycles. The molecule has 24 heavy (non-hydrogen) atoms. The molecule has 0 heterocycles. The molecule has 3 N–H and O–H groups in total. The van der Waals surface area contributed by atoms with E-state index in [1.165, 1.54) is 32.1 Å². The lowest BCUT2D eigenvalue weighted by molar-refractivity contribution is 0.166. The number of carbonyl (C=O) groups is 1. The van der Waals surface area contributed by atoms with Crippen LogP contribution in [0.2, 0.25) is 0 Å². The third-order valence-electron chi connectivity index (χ3n) is 5.06. The Bertz CT molecular complexity index is 513. The van der Waals surface area contributed by atoms with Gasteiger partial charge in [-0.3, -0.25) is 0 Å². The number of nitrogens with zero attached hydrogens (tertiary/aromatic N) is 1. The Labute approximate surface area is 145 Å². The minimum atomic E-state index is -0.148. The van der Waals surface area contributed by atoms with E-state index in [-0.39, 0.29) is 12.6 Å². The van der Waals surface area contributed by atoms with E-state index < -0.39 is 0 Å². The van der Waals surface area contributed by atoms with E-state index >= 15 is 0 Å². The molecular formula is C19H31N3O2. The first-order chi connectivity index (χ1) is 11.6. The first kappa shape index (κ1) is 18.7. The van der Waals surface area contributed by atoms with Crippen molar-refractivity contribution in [1.29, 1.82) is 0 Å². The Morgan fingerprint density at radius 3 is 2.46 bits per heavy atom. The quantitative estimate of drug-likeness (QED) is 0.718. The van der Waals surface area contributed by atoms with Gasteiger partial charge in [0.15, 0.2) is 0 Å². The maximum atomic E-state index is 12.1. The molecule has 1 fully saturated rings. The van der Waals surface area contributed by atoms with E-state index in [2.05, 4.69) is 29.6 Å². The van der Waals surface area contributed by atoms with Gasteiger partial charge in [0, 0.05) is 19.1 Å². The van der Waals surface area contributed by atoms with Gasteiger partial charge in [0.25, 0.3) is 0 Å². The zero-order chi connectivity index (χ0) is 17.4. The van der Waals surface area contributed by atoms with Gasteiger partial charge in [-0.15, -0.1) is 0 Å². The molecule has 0 bridgehead atoms. The van der Waals surface area contributed by atoms with E-state index in [4.69, 9.17) is 0 Å². The number of rotatable bonds is 7. The molecule has 1 aliphatic rings. The molecule has 0 spiro atoms. The van der Waals surface area contributed by atoms with Crippen LogP contribution in [0, 0.1) is 5.92 Å². The second-order valence-corrected chi connectivity index (χ2v) is 6.92. The zero-order valence-corrected chi connectivity index (χ0v) is 14.9. The topological polar surface area (TPSA) is 64.6 Å². The maximum absolute atomic E-state index is 12.1. The van der Waals surface area contributed by atoms with E-state index in [1.54, 1.807) is 0 Å². The molecule has 1 saturated carbocycles. The van der Waals surface area contributed by atoms with Gasteiger partial charge in [-0.05, 0) is 44.0 Å². The Balaban J connectivity index is 1.80. The average molecular weight is 333 g/mol. The summed E-state index contributed by atoms with van der Waals surface area (Å²) in [4.78, 5) is 14.4. The number of hydrogen-bond acceptors (Lipinski definition) is 3. The lowest BCUT2D eigenvalue weighted by Gasteiger charge is -2.35. The van der Waals surface area contributed by atoms with Gasteiger partial charge >= 0.3 is 6.03 Å². The van der Waals surface area contributed by atoms with Crippen molar-refractivity contribution in [2.45, 2.75) is 51.3 Å². The summed E-state index contributed by atoms with van der Waals surface area (Å²) in [6.07, 6.45) is 6.47. The number of likely N-dealkylation sites (N-methyl/N-ethyl adjacent to an activating group) is 1. The van der Waals surface area contributed by atoms with Crippen LogP contribution in [0.3, 0.4) is 0 Å². The molecule has 0 radical (unpaired) electrons. The Morgan fingerprint density at radius 2 is 1.83 bits per heavy atom. The average Bonchev–Trinajstić information content (AvgIpc) is 2.61. The summed E-state index contributed by atoms with van der Waals surface area (Å²) in [6, 6.07) is 7.85. The normalized spacial score (nSPS) is 16.8. The fraction of sp³-hybridized carbons (Fsp3) is 0.632. The highest BCUT2D eigenvalue weighted by Gasteiger charge is 2.25. The summed E-state index contributed by atoms with van der Waals surface area (Å²) >= 11 is 0. The number of urea groups is 1. The fourth-order valence-electron chi connectivity index (χ4n) is 3.61. The largest absolute Gasteiger partial charge is 0.392 e. The smallest absolute Gasteiger partial charge is 0.315 e. The van der Waals surface area contributed by atoms with Crippen LogP contribution in [0.1, 0.15) is 43.2 Å². The summed E-state index contributed by atoms with van der Waals surface area (Å²) in [5, 5.41) is 15.2. The molecule has 1 aromatic carbocycles. The molecule has 1 unspecified atom stereocenters. The standard InChI is InChI=1S/C19H31N3O2/c1-22(2)18(15-8-4-3-5-9-15)13-21-19(24)20-12-16-10-6-7-11-17(16)14-23/h6-7,10-11,15,18,23H,3-5,8-9,12-14H2,1-2H3,(H2,20,21,24). The third kappa shape index (κ3) is 5.49. The number of nitrogens with one attached hydrogen (secondary N) is 2. The molecule has 1 aliphatic carbocycles. The molecule has 134 valence electrons. The van der Waals surface area contributed by atoms with Gasteiger partial charge in [-0.1, -0.05) is 43.5 Å². The van der Waals surface area contributed by atoms with Gasteiger partial charge in [0.1, 0.15) is 0 Å². The van der Waals surface area contributed by atoms with E-state index in [0.29, 0.717) is 25.0 Å². The van der Waals surface area contributed by atoms with Crippen molar-refractivity contribution >= 4 is 6.03 Å². The second kappa shape index (κ2) is 9.64. The zero-order valence-electron chi connectivity index (χ0n) is 14.9. The number of aliphatic hydroxyl groups excluding tert-OH is 1. The van der Waals surface area contributed by atoms with Crippen LogP contribution in [0.4, 0.5) is 4.79 Å². The summed E-state index contributed by atoms with van der Waals surface area (Å²) < 4.78 is 0. The van der Waals surface area contributed by atoms with Crippen LogP contribution < -0.4 is 10.6 Å². The highest BCUT2D eigenvalue weighted by atomic mass is 16.3. The van der Waals surface area contributed by atoms with Crippen LogP contribution >= 0.6 is 0 Å². The van der Waals surface area contributed by atoms with Gasteiger partial charge < -0.3 is 20.6 Å². The highest BCUT2D eigenvalue weighted by Crippen LogP contribution is 2.28. The van der Waals surface area contributed by atoms with Crippen molar-refractivity contribution in [3.8, 4) is 0 Å². The molecule has 1 aromatic rings. The number of benzene rings is 1. The number of amides is 2. The number of carbonyl (C=O) groups excluding carboxylic acids is 1. The van der Waals surface area contributed by atoms with Crippen molar-refractivity contribution in [2.24, 2.45) is 5.92 Å². The van der Waals surface area contributed by atoms with Crippen LogP contribution in [0.5, 0.6) is 0 Å². The van der Waals surface area contributed by atoms with Crippen LogP contribution in [-0.4, -0.2) is 42.7 Å². The fourth-order valence-corrected chi connectivity index (χ4v) is 3.61. The van der Waals surface area contributed by atoms with Crippen LogP contribution in [0.25, 0.3) is 0 Å². The minimum absolute atomic E-state index is 0.0101. The molecule has 5 nitrogen and oxygen atoms in total. The summed E-state index contributed by atoms with van der Waals surface area (Å²) in [5.41, 5.74) is 1.80. The monoisotopic (exact) mass is 333 g/mol. The Hall–Kier alpha value is -1.59. The predicted octanol–water partition coefficient (Wildman–Crippen LogP) is 2.49. The van der Waals surface area contributed by atoms with Crippen molar-refractivity contribution in [1.82, 2.24) is 15.5 Å². The molecule has 0 aromatic heterocycles. The SMILES string of the molecule is CN(C)C(CNC(=O)NCc1ccccc1CO)C1CCCCC1. The summed E-state index contributed by atoms with van der Waals surface area (Å²) in [5.74, 6) is 0.671. The molecule has 2 amide bonds. The predicted molar refractivity (Wildman–Crippen MR) is 96.7 cm³/mol. The first-order valence-corrected chi connectivity index (χ1v) is 8.97. The van der Waals surface area contributed by atoms with Crippen LogP contribution in [0.15, 0.2) is 24.3 Å². The number of aliphatic hydroxyl groups is 1. The van der Waals surface area contributed by atoms with E-state index in [0.717, 1.165) is 11.1 Å². The van der Waals surface area contributed by atoms with E-state index in [1.807, 2.05) is 24.3 Å². The summed E-state index contributed by atoms with van der Waals surface area (Å²) in [7, 11) is 4.19. The lowest BCUT2D eigenvalue weighted by Crippen LogP contribution is -2.47. The molecule has 5 heteroatoms. The van der Waals surface area contributed by atoms with Gasteiger partial charge in [0.05, 0.1) is 6.61 Å². The number of hydrogen-bond donors (Lipinski definition) is 3. The summed E-state index contributed by atoms with van der Waals surface area (Å²) in [6.45, 7) is 1.09. The van der Waals surface area contributed by atoms with Crippen LogP contribution in [-0.2, 0) is 13.2 Å². The highest BCUT2D eigenvalue weighted by molar-refractivity contribution is 5.73. The molecule has 0 aliphatic heterocycles. The van der Waals surface area contributed by atoms with Gasteiger partial charge in [-0.25, -0.2) is 4.79 Å². The van der Waals surface area contributed by atoms with Gasteiger partial charge in [-0.2, -0.15) is 0 Å². The second-order valence-electron chi connectivity index (χ2n) is 6.92. The Morgan fingerprint density at radius 1 is 1.17 bits per heavy atom. The first-order valence-electron chi connectivity index (χ1n) is 8.97. The van der Waals surface area contributed by atoms with E-state index in [9.17, 15) is 9.90 Å². The molecule has 1 atom stereocenters. The molecule has 2 rings (SSSR count). The van der Waals surface area contributed by atoms with Gasteiger partial charge in [0.2, 0.25) is 0 Å². The lowest BCUT2D eigenvalue weighted by atomic mass is 9.83. The molecular weight excluding hydrogens is 302 g/mol. The third-order valence-corrected chi connectivity index (χ3v) is 5.06. The van der Waals surface area contributed by atoms with Crippen molar-refractivity contribution < 1.29 is 9.90 Å². The Kier molecular flexibility index (Phi) is 7.53.